The van der Waals surface area contributed by atoms with Gasteiger partial charge >= 0.3 is 0 Å². The van der Waals surface area contributed by atoms with E-state index in [1.807, 2.05) is 25.1 Å². The summed E-state index contributed by atoms with van der Waals surface area (Å²) in [4.78, 5) is 11.9. The predicted octanol–water partition coefficient (Wildman–Crippen LogP) is 2.24. The van der Waals surface area contributed by atoms with E-state index in [0.29, 0.717) is 12.6 Å². The van der Waals surface area contributed by atoms with Crippen LogP contribution in [-0.4, -0.2) is 25.0 Å². The highest BCUT2D eigenvalue weighted by Crippen LogP contribution is 2.19. The molecule has 0 radical (unpaired) electrons. The molecule has 0 spiro atoms. The van der Waals surface area contributed by atoms with Gasteiger partial charge in [-0.1, -0.05) is 22.0 Å². The van der Waals surface area contributed by atoms with Gasteiger partial charge in [-0.15, -0.1) is 0 Å². The third-order valence-electron chi connectivity index (χ3n) is 2.93. The van der Waals surface area contributed by atoms with Gasteiger partial charge in [0.15, 0.2) is 0 Å². The zero-order valence-electron chi connectivity index (χ0n) is 9.92. The molecule has 17 heavy (non-hydrogen) atoms. The summed E-state index contributed by atoms with van der Waals surface area (Å²) in [6, 6.07) is 6.37. The fourth-order valence-electron chi connectivity index (χ4n) is 1.69. The molecule has 4 heteroatoms. The van der Waals surface area contributed by atoms with Gasteiger partial charge in [-0.3, -0.25) is 4.79 Å². The lowest BCUT2D eigenvalue weighted by Gasteiger charge is -2.09. The van der Waals surface area contributed by atoms with Gasteiger partial charge in [0.2, 0.25) is 0 Å². The lowest BCUT2D eigenvalue weighted by atomic mass is 10.1. The normalized spacial score (nSPS) is 14.7. The standard InChI is InChI=1S/C13H17BrN2O/c1-9-11(3-2-4-12(9)14)13(17)16-8-7-15-10-5-6-10/h2-4,10,15H,5-8H2,1H3,(H,16,17). The maximum atomic E-state index is 11.9. The van der Waals surface area contributed by atoms with Crippen molar-refractivity contribution < 1.29 is 4.79 Å². The van der Waals surface area contributed by atoms with Crippen LogP contribution >= 0.6 is 15.9 Å². The van der Waals surface area contributed by atoms with Crippen molar-refractivity contribution in [2.45, 2.75) is 25.8 Å². The molecular formula is C13H17BrN2O. The molecule has 0 aliphatic heterocycles. The fraction of sp³-hybridized carbons (Fsp3) is 0.462. The molecule has 0 unspecified atom stereocenters. The SMILES string of the molecule is Cc1c(Br)cccc1C(=O)NCCNC1CC1. The first kappa shape index (κ1) is 12.6. The van der Waals surface area contributed by atoms with E-state index in [1.54, 1.807) is 0 Å². The Morgan fingerprint density at radius 3 is 2.88 bits per heavy atom. The molecule has 1 saturated carbocycles. The number of hydrogen-bond donors (Lipinski definition) is 2. The lowest BCUT2D eigenvalue weighted by molar-refractivity contribution is 0.0953. The topological polar surface area (TPSA) is 41.1 Å². The number of hydrogen-bond acceptors (Lipinski definition) is 2. The van der Waals surface area contributed by atoms with Crippen LogP contribution < -0.4 is 10.6 Å². The van der Waals surface area contributed by atoms with Crippen LogP contribution in [0.15, 0.2) is 22.7 Å². The zero-order chi connectivity index (χ0) is 12.3. The Bertz CT molecular complexity index is 416. The first-order chi connectivity index (χ1) is 8.18. The summed E-state index contributed by atoms with van der Waals surface area (Å²) in [6.07, 6.45) is 2.55. The van der Waals surface area contributed by atoms with E-state index in [4.69, 9.17) is 0 Å². The number of nitrogens with one attached hydrogen (secondary N) is 2. The third kappa shape index (κ3) is 3.54. The van der Waals surface area contributed by atoms with Crippen LogP contribution in [0.4, 0.5) is 0 Å². The third-order valence-corrected chi connectivity index (χ3v) is 3.79. The number of rotatable bonds is 5. The van der Waals surface area contributed by atoms with Crippen molar-refractivity contribution in [1.82, 2.24) is 10.6 Å². The van der Waals surface area contributed by atoms with Gasteiger partial charge in [-0.25, -0.2) is 0 Å². The highest BCUT2D eigenvalue weighted by molar-refractivity contribution is 9.10. The monoisotopic (exact) mass is 296 g/mol. The van der Waals surface area contributed by atoms with E-state index in [-0.39, 0.29) is 5.91 Å². The second-order valence-electron chi connectivity index (χ2n) is 4.40. The summed E-state index contributed by atoms with van der Waals surface area (Å²) < 4.78 is 0.973. The van der Waals surface area contributed by atoms with Gasteiger partial charge < -0.3 is 10.6 Å². The number of carbonyl (C=O) groups is 1. The Morgan fingerprint density at radius 1 is 1.41 bits per heavy atom. The van der Waals surface area contributed by atoms with Crippen molar-refractivity contribution in [2.24, 2.45) is 0 Å². The van der Waals surface area contributed by atoms with E-state index in [2.05, 4.69) is 26.6 Å². The maximum Gasteiger partial charge on any atom is 0.251 e. The minimum atomic E-state index is 0.00129. The minimum Gasteiger partial charge on any atom is -0.351 e. The molecule has 1 aliphatic carbocycles. The highest BCUT2D eigenvalue weighted by atomic mass is 79.9. The van der Waals surface area contributed by atoms with Crippen LogP contribution in [0.3, 0.4) is 0 Å². The van der Waals surface area contributed by atoms with E-state index < -0.39 is 0 Å². The van der Waals surface area contributed by atoms with Crippen LogP contribution in [0.1, 0.15) is 28.8 Å². The molecular weight excluding hydrogens is 280 g/mol. The molecule has 1 aromatic carbocycles. The van der Waals surface area contributed by atoms with Gasteiger partial charge in [0.1, 0.15) is 0 Å². The Hall–Kier alpha value is -0.870. The van der Waals surface area contributed by atoms with E-state index in [1.165, 1.54) is 12.8 Å². The van der Waals surface area contributed by atoms with E-state index >= 15 is 0 Å². The number of amides is 1. The van der Waals surface area contributed by atoms with Crippen molar-refractivity contribution in [3.05, 3.63) is 33.8 Å². The first-order valence-electron chi connectivity index (χ1n) is 5.95. The second kappa shape index (κ2) is 5.65. The quantitative estimate of drug-likeness (QED) is 0.818. The van der Waals surface area contributed by atoms with Gasteiger partial charge in [-0.2, -0.15) is 0 Å². The Labute approximate surface area is 110 Å². The summed E-state index contributed by atoms with van der Waals surface area (Å²) in [5.74, 6) is 0.00129. The fourth-order valence-corrected chi connectivity index (χ4v) is 2.05. The molecule has 2 N–H and O–H groups in total. The lowest BCUT2D eigenvalue weighted by Crippen LogP contribution is -2.33. The van der Waals surface area contributed by atoms with Crippen LogP contribution in [0.2, 0.25) is 0 Å². The van der Waals surface area contributed by atoms with Crippen LogP contribution in [0, 0.1) is 6.92 Å². The number of benzene rings is 1. The maximum absolute atomic E-state index is 11.9. The number of halogens is 1. The van der Waals surface area contributed by atoms with Crippen molar-refractivity contribution in [1.29, 1.82) is 0 Å². The average Bonchev–Trinajstić information content (AvgIpc) is 3.12. The second-order valence-corrected chi connectivity index (χ2v) is 5.25. The molecule has 0 atom stereocenters. The smallest absolute Gasteiger partial charge is 0.251 e. The summed E-state index contributed by atoms with van der Waals surface area (Å²) in [5.41, 5.74) is 1.73. The molecule has 0 aromatic heterocycles. The van der Waals surface area contributed by atoms with E-state index in [9.17, 15) is 4.79 Å². The Kier molecular flexibility index (Phi) is 4.18. The van der Waals surface area contributed by atoms with Crippen LogP contribution in [0.5, 0.6) is 0 Å². The van der Waals surface area contributed by atoms with Gasteiger partial charge in [0.05, 0.1) is 0 Å². The summed E-state index contributed by atoms with van der Waals surface area (Å²) >= 11 is 3.43. The highest BCUT2D eigenvalue weighted by Gasteiger charge is 2.19. The minimum absolute atomic E-state index is 0.00129. The van der Waals surface area contributed by atoms with Crippen molar-refractivity contribution in [3.8, 4) is 0 Å². The molecule has 0 saturated heterocycles. The van der Waals surface area contributed by atoms with Crippen molar-refractivity contribution in [3.63, 3.8) is 0 Å². The molecule has 1 aliphatic rings. The van der Waals surface area contributed by atoms with Crippen molar-refractivity contribution in [2.75, 3.05) is 13.1 Å². The molecule has 1 fully saturated rings. The summed E-state index contributed by atoms with van der Waals surface area (Å²) in [6.45, 7) is 3.48. The summed E-state index contributed by atoms with van der Waals surface area (Å²) in [5, 5.41) is 6.29. The largest absolute Gasteiger partial charge is 0.351 e. The number of carbonyl (C=O) groups excluding carboxylic acids is 1. The predicted molar refractivity (Wildman–Crippen MR) is 72.2 cm³/mol. The van der Waals surface area contributed by atoms with Gasteiger partial charge in [-0.05, 0) is 37.5 Å². The molecule has 2 rings (SSSR count). The van der Waals surface area contributed by atoms with Crippen molar-refractivity contribution >= 4 is 21.8 Å². The zero-order valence-corrected chi connectivity index (χ0v) is 11.5. The molecule has 1 aromatic rings. The molecule has 1 amide bonds. The molecule has 92 valence electrons. The van der Waals surface area contributed by atoms with E-state index in [0.717, 1.165) is 22.1 Å². The summed E-state index contributed by atoms with van der Waals surface area (Å²) in [7, 11) is 0. The Balaban J connectivity index is 1.83. The molecule has 3 nitrogen and oxygen atoms in total. The van der Waals surface area contributed by atoms with Crippen LogP contribution in [-0.2, 0) is 0 Å². The van der Waals surface area contributed by atoms with Gasteiger partial charge in [0, 0.05) is 29.2 Å². The average molecular weight is 297 g/mol. The first-order valence-corrected chi connectivity index (χ1v) is 6.74. The molecule has 0 heterocycles. The van der Waals surface area contributed by atoms with Crippen LogP contribution in [0.25, 0.3) is 0 Å². The van der Waals surface area contributed by atoms with Gasteiger partial charge in [0.25, 0.3) is 5.91 Å². The Morgan fingerprint density at radius 2 is 2.18 bits per heavy atom. The molecule has 0 bridgehead atoms.